The lowest BCUT2D eigenvalue weighted by Crippen LogP contribution is -2.56. The second kappa shape index (κ2) is 6.69. The van der Waals surface area contributed by atoms with E-state index in [1.54, 1.807) is 0 Å². The number of rotatable bonds is 4. The molecular formula is C13H26N2O2. The maximum Gasteiger partial charge on any atom is 0.0622 e. The van der Waals surface area contributed by atoms with Crippen molar-refractivity contribution in [1.82, 2.24) is 4.90 Å². The van der Waals surface area contributed by atoms with Crippen LogP contribution in [0.25, 0.3) is 0 Å². The number of nitrogens with zero attached hydrogens (tertiary/aromatic N) is 1. The third kappa shape index (κ3) is 3.19. The van der Waals surface area contributed by atoms with E-state index in [4.69, 9.17) is 15.2 Å². The molecule has 2 saturated heterocycles. The zero-order valence-corrected chi connectivity index (χ0v) is 10.9. The largest absolute Gasteiger partial charge is 0.381 e. The predicted molar refractivity (Wildman–Crippen MR) is 68.0 cm³/mol. The number of nitrogens with two attached hydrogens (primary N) is 1. The molecule has 17 heavy (non-hydrogen) atoms. The number of morpholine rings is 1. The van der Waals surface area contributed by atoms with Crippen LogP contribution in [0, 0.1) is 5.92 Å². The SMILES string of the molecule is CCC1COCCN1C(CN)C1CCOCC1. The van der Waals surface area contributed by atoms with E-state index >= 15 is 0 Å². The first-order valence-electron chi connectivity index (χ1n) is 6.98. The van der Waals surface area contributed by atoms with Gasteiger partial charge in [-0.15, -0.1) is 0 Å². The second-order valence-electron chi connectivity index (χ2n) is 5.13. The van der Waals surface area contributed by atoms with E-state index in [0.717, 1.165) is 58.8 Å². The molecule has 0 aromatic heterocycles. The molecule has 0 aromatic rings. The minimum atomic E-state index is 0.521. The summed E-state index contributed by atoms with van der Waals surface area (Å²) in [6.45, 7) is 7.58. The quantitative estimate of drug-likeness (QED) is 0.794. The fraction of sp³-hybridized carbons (Fsp3) is 1.00. The van der Waals surface area contributed by atoms with Crippen molar-refractivity contribution < 1.29 is 9.47 Å². The lowest BCUT2D eigenvalue weighted by atomic mass is 9.89. The van der Waals surface area contributed by atoms with Crippen LogP contribution in [0.2, 0.25) is 0 Å². The molecule has 4 nitrogen and oxygen atoms in total. The summed E-state index contributed by atoms with van der Waals surface area (Å²) in [6.07, 6.45) is 3.48. The normalized spacial score (nSPS) is 30.4. The molecular weight excluding hydrogens is 216 g/mol. The first-order valence-corrected chi connectivity index (χ1v) is 6.98. The number of hydrogen-bond donors (Lipinski definition) is 1. The van der Waals surface area contributed by atoms with Crippen LogP contribution >= 0.6 is 0 Å². The lowest BCUT2D eigenvalue weighted by molar-refractivity contribution is -0.0545. The number of ether oxygens (including phenoxy) is 2. The van der Waals surface area contributed by atoms with Crippen molar-refractivity contribution >= 4 is 0 Å². The van der Waals surface area contributed by atoms with Crippen LogP contribution in [-0.2, 0) is 9.47 Å². The summed E-state index contributed by atoms with van der Waals surface area (Å²) in [5.74, 6) is 0.709. The van der Waals surface area contributed by atoms with Crippen LogP contribution in [0.1, 0.15) is 26.2 Å². The highest BCUT2D eigenvalue weighted by Gasteiger charge is 2.33. The summed E-state index contributed by atoms with van der Waals surface area (Å²) in [5, 5.41) is 0. The van der Waals surface area contributed by atoms with E-state index < -0.39 is 0 Å². The Hall–Kier alpha value is -0.160. The molecule has 2 rings (SSSR count). The van der Waals surface area contributed by atoms with E-state index in [9.17, 15) is 0 Å². The molecule has 0 bridgehead atoms. The van der Waals surface area contributed by atoms with Gasteiger partial charge in [-0.25, -0.2) is 0 Å². The van der Waals surface area contributed by atoms with Gasteiger partial charge in [-0.2, -0.15) is 0 Å². The van der Waals surface area contributed by atoms with Gasteiger partial charge in [0.2, 0.25) is 0 Å². The van der Waals surface area contributed by atoms with Crippen LogP contribution < -0.4 is 5.73 Å². The van der Waals surface area contributed by atoms with E-state index in [-0.39, 0.29) is 0 Å². The average molecular weight is 242 g/mol. The molecule has 2 unspecified atom stereocenters. The first kappa shape index (κ1) is 13.3. The Labute approximate surface area is 104 Å². The molecule has 4 heteroatoms. The van der Waals surface area contributed by atoms with Crippen LogP contribution in [0.3, 0.4) is 0 Å². The van der Waals surface area contributed by atoms with Gasteiger partial charge in [-0.3, -0.25) is 4.90 Å². The van der Waals surface area contributed by atoms with Crippen molar-refractivity contribution in [1.29, 1.82) is 0 Å². The van der Waals surface area contributed by atoms with E-state index in [1.807, 2.05) is 0 Å². The molecule has 2 aliphatic heterocycles. The second-order valence-corrected chi connectivity index (χ2v) is 5.13. The Morgan fingerprint density at radius 3 is 2.65 bits per heavy atom. The topological polar surface area (TPSA) is 47.7 Å². The van der Waals surface area contributed by atoms with Crippen molar-refractivity contribution in [2.75, 3.05) is 39.5 Å². The minimum Gasteiger partial charge on any atom is -0.381 e. The van der Waals surface area contributed by atoms with E-state index in [1.165, 1.54) is 0 Å². The fourth-order valence-electron chi connectivity index (χ4n) is 3.16. The molecule has 0 saturated carbocycles. The first-order chi connectivity index (χ1) is 8.36. The van der Waals surface area contributed by atoms with Crippen LogP contribution in [-0.4, -0.2) is 56.5 Å². The van der Waals surface area contributed by atoms with Crippen LogP contribution in [0.4, 0.5) is 0 Å². The Morgan fingerprint density at radius 1 is 1.24 bits per heavy atom. The zero-order chi connectivity index (χ0) is 12.1. The highest BCUT2D eigenvalue weighted by molar-refractivity contribution is 4.87. The summed E-state index contributed by atoms with van der Waals surface area (Å²) >= 11 is 0. The van der Waals surface area contributed by atoms with Crippen molar-refractivity contribution in [3.05, 3.63) is 0 Å². The van der Waals surface area contributed by atoms with Gasteiger partial charge in [-0.1, -0.05) is 6.92 Å². The average Bonchev–Trinajstić information content (AvgIpc) is 2.41. The van der Waals surface area contributed by atoms with Gasteiger partial charge in [0.05, 0.1) is 13.2 Å². The summed E-state index contributed by atoms with van der Waals surface area (Å²) < 4.78 is 11.0. The van der Waals surface area contributed by atoms with Gasteiger partial charge in [0.1, 0.15) is 0 Å². The third-order valence-electron chi connectivity index (χ3n) is 4.22. The third-order valence-corrected chi connectivity index (χ3v) is 4.22. The Bertz CT molecular complexity index is 219. The predicted octanol–water partition coefficient (Wildman–Crippen LogP) is 0.851. The van der Waals surface area contributed by atoms with E-state index in [0.29, 0.717) is 18.0 Å². The molecule has 0 aromatic carbocycles. The standard InChI is InChI=1S/C13H26N2O2/c1-2-12-10-17-8-5-15(12)13(9-14)11-3-6-16-7-4-11/h11-13H,2-10,14H2,1H3. The van der Waals surface area contributed by atoms with Gasteiger partial charge >= 0.3 is 0 Å². The Kier molecular flexibility index (Phi) is 5.22. The highest BCUT2D eigenvalue weighted by atomic mass is 16.5. The highest BCUT2D eigenvalue weighted by Crippen LogP contribution is 2.25. The van der Waals surface area contributed by atoms with Crippen molar-refractivity contribution in [2.45, 2.75) is 38.3 Å². The zero-order valence-electron chi connectivity index (χ0n) is 10.9. The van der Waals surface area contributed by atoms with Gasteiger partial charge in [0.25, 0.3) is 0 Å². The molecule has 2 aliphatic rings. The molecule has 2 heterocycles. The maximum absolute atomic E-state index is 6.03. The summed E-state index contributed by atoms with van der Waals surface area (Å²) in [4.78, 5) is 2.60. The molecule has 0 radical (unpaired) electrons. The summed E-state index contributed by atoms with van der Waals surface area (Å²) in [5.41, 5.74) is 6.03. The molecule has 0 aliphatic carbocycles. The number of hydrogen-bond acceptors (Lipinski definition) is 4. The van der Waals surface area contributed by atoms with Crippen LogP contribution in [0.15, 0.2) is 0 Å². The molecule has 0 amide bonds. The fourth-order valence-corrected chi connectivity index (χ4v) is 3.16. The van der Waals surface area contributed by atoms with Gasteiger partial charge in [0.15, 0.2) is 0 Å². The smallest absolute Gasteiger partial charge is 0.0622 e. The molecule has 2 atom stereocenters. The van der Waals surface area contributed by atoms with E-state index in [2.05, 4.69) is 11.8 Å². The monoisotopic (exact) mass is 242 g/mol. The van der Waals surface area contributed by atoms with Crippen molar-refractivity contribution in [3.63, 3.8) is 0 Å². The molecule has 2 fully saturated rings. The van der Waals surface area contributed by atoms with Gasteiger partial charge in [0, 0.05) is 38.4 Å². The Morgan fingerprint density at radius 2 is 2.00 bits per heavy atom. The summed E-state index contributed by atoms with van der Waals surface area (Å²) in [6, 6.07) is 1.08. The summed E-state index contributed by atoms with van der Waals surface area (Å²) in [7, 11) is 0. The molecule has 100 valence electrons. The molecule has 0 spiro atoms. The minimum absolute atomic E-state index is 0.521. The molecule has 2 N–H and O–H groups in total. The van der Waals surface area contributed by atoms with Gasteiger partial charge in [-0.05, 0) is 25.2 Å². The van der Waals surface area contributed by atoms with Crippen molar-refractivity contribution in [3.8, 4) is 0 Å². The lowest BCUT2D eigenvalue weighted by Gasteiger charge is -2.44. The van der Waals surface area contributed by atoms with Crippen molar-refractivity contribution in [2.24, 2.45) is 11.7 Å². The Balaban J connectivity index is 1.99. The van der Waals surface area contributed by atoms with Crippen LogP contribution in [0.5, 0.6) is 0 Å². The maximum atomic E-state index is 6.03. The van der Waals surface area contributed by atoms with Gasteiger partial charge < -0.3 is 15.2 Å².